The number of hydrogen-bond donors (Lipinski definition) is 0. The number of methoxy groups -OCH3 is 1. The highest BCUT2D eigenvalue weighted by Gasteiger charge is 2.30. The van der Waals surface area contributed by atoms with Crippen LogP contribution in [0, 0.1) is 6.92 Å². The summed E-state index contributed by atoms with van der Waals surface area (Å²) < 4.78 is 13.2. The van der Waals surface area contributed by atoms with Crippen LogP contribution >= 0.6 is 11.6 Å². The van der Waals surface area contributed by atoms with E-state index in [0.29, 0.717) is 47.5 Å². The minimum absolute atomic E-state index is 0.0462. The van der Waals surface area contributed by atoms with Crippen LogP contribution in [-0.4, -0.2) is 45.4 Å². The molecule has 4 aromatic rings. The molecule has 1 aliphatic rings. The average Bonchev–Trinajstić information content (AvgIpc) is 3.42. The fourth-order valence-electron chi connectivity index (χ4n) is 4.48. The number of aryl methyl sites for hydroxylation is 1. The number of benzene rings is 1. The molecule has 0 spiro atoms. The van der Waals surface area contributed by atoms with Gasteiger partial charge in [-0.05, 0) is 49.6 Å². The van der Waals surface area contributed by atoms with Gasteiger partial charge in [0.1, 0.15) is 22.9 Å². The summed E-state index contributed by atoms with van der Waals surface area (Å²) in [6, 6.07) is 11.5. The average molecular weight is 465 g/mol. The van der Waals surface area contributed by atoms with Crippen molar-refractivity contribution in [3.8, 4) is 5.75 Å². The lowest BCUT2D eigenvalue weighted by Gasteiger charge is -2.31. The molecule has 1 fully saturated rings. The molecule has 1 amide bonds. The molecule has 7 nitrogen and oxygen atoms in total. The van der Waals surface area contributed by atoms with Crippen LogP contribution in [0.3, 0.4) is 0 Å². The van der Waals surface area contributed by atoms with E-state index in [1.165, 1.54) is 0 Å². The van der Waals surface area contributed by atoms with Crippen molar-refractivity contribution in [2.45, 2.75) is 32.1 Å². The van der Waals surface area contributed by atoms with Crippen molar-refractivity contribution < 1.29 is 13.9 Å². The molecular weight excluding hydrogens is 440 g/mol. The largest absolute Gasteiger partial charge is 0.497 e. The van der Waals surface area contributed by atoms with Crippen molar-refractivity contribution in [3.05, 3.63) is 82.4 Å². The fourth-order valence-corrected chi connectivity index (χ4v) is 4.64. The second-order valence-corrected chi connectivity index (χ2v) is 8.84. The van der Waals surface area contributed by atoms with Crippen LogP contribution in [0.5, 0.6) is 5.75 Å². The maximum absolute atomic E-state index is 13.4. The van der Waals surface area contributed by atoms with Crippen LogP contribution < -0.4 is 4.74 Å². The van der Waals surface area contributed by atoms with Crippen molar-refractivity contribution >= 4 is 23.2 Å². The maximum atomic E-state index is 13.4. The predicted octanol–water partition coefficient (Wildman–Crippen LogP) is 4.90. The molecule has 0 radical (unpaired) electrons. The number of nitrogens with zero attached hydrogens (tertiary/aromatic N) is 4. The Balaban J connectivity index is 1.33. The molecule has 0 bridgehead atoms. The standard InChI is InChI=1S/C25H25ClN4O3/c1-16-23(30-15-19(26)8-9-22(30)28-16)25(31)29-10-4-6-18(14-29)24-27-13-21(33-24)12-17-5-3-7-20(11-17)32-2/h3,5,7-9,11,13,15,18H,4,6,10,12,14H2,1-2H3. The lowest BCUT2D eigenvalue weighted by atomic mass is 9.97. The highest BCUT2D eigenvalue weighted by Crippen LogP contribution is 2.29. The number of carbonyl (C=O) groups is 1. The molecule has 8 heteroatoms. The Hall–Kier alpha value is -3.32. The minimum Gasteiger partial charge on any atom is -0.497 e. The molecule has 1 aliphatic heterocycles. The third kappa shape index (κ3) is 4.33. The van der Waals surface area contributed by atoms with Gasteiger partial charge in [-0.15, -0.1) is 0 Å². The normalized spacial score (nSPS) is 16.3. The van der Waals surface area contributed by atoms with Gasteiger partial charge in [-0.25, -0.2) is 9.97 Å². The zero-order valence-electron chi connectivity index (χ0n) is 18.6. The van der Waals surface area contributed by atoms with Crippen LogP contribution in [0.4, 0.5) is 0 Å². The molecule has 33 heavy (non-hydrogen) atoms. The Bertz CT molecular complexity index is 1310. The summed E-state index contributed by atoms with van der Waals surface area (Å²) in [7, 11) is 1.66. The maximum Gasteiger partial charge on any atom is 0.272 e. The summed E-state index contributed by atoms with van der Waals surface area (Å²) in [5.74, 6) is 2.31. The highest BCUT2D eigenvalue weighted by atomic mass is 35.5. The van der Waals surface area contributed by atoms with Crippen molar-refractivity contribution in [1.82, 2.24) is 19.3 Å². The number of piperidine rings is 1. The van der Waals surface area contributed by atoms with E-state index in [-0.39, 0.29) is 11.8 Å². The zero-order valence-corrected chi connectivity index (χ0v) is 19.4. The van der Waals surface area contributed by atoms with Crippen molar-refractivity contribution in [1.29, 1.82) is 0 Å². The van der Waals surface area contributed by atoms with E-state index in [0.717, 1.165) is 29.9 Å². The van der Waals surface area contributed by atoms with Gasteiger partial charge in [0.25, 0.3) is 5.91 Å². The number of rotatable bonds is 5. The van der Waals surface area contributed by atoms with Gasteiger partial charge in [0.2, 0.25) is 0 Å². The topological polar surface area (TPSA) is 72.9 Å². The third-order valence-electron chi connectivity index (χ3n) is 6.10. The second-order valence-electron chi connectivity index (χ2n) is 8.40. The van der Waals surface area contributed by atoms with Gasteiger partial charge >= 0.3 is 0 Å². The van der Waals surface area contributed by atoms with Gasteiger partial charge < -0.3 is 14.1 Å². The van der Waals surface area contributed by atoms with Gasteiger partial charge in [0.15, 0.2) is 5.89 Å². The number of likely N-dealkylation sites (tertiary alicyclic amines) is 1. The van der Waals surface area contributed by atoms with Crippen LogP contribution in [0.25, 0.3) is 5.65 Å². The summed E-state index contributed by atoms with van der Waals surface area (Å²) >= 11 is 6.17. The molecule has 1 saturated heterocycles. The predicted molar refractivity (Wildman–Crippen MR) is 125 cm³/mol. The van der Waals surface area contributed by atoms with E-state index >= 15 is 0 Å². The van der Waals surface area contributed by atoms with Crippen LogP contribution in [-0.2, 0) is 6.42 Å². The number of hydrogen-bond acceptors (Lipinski definition) is 5. The number of ether oxygens (including phenoxy) is 1. The van der Waals surface area contributed by atoms with Gasteiger partial charge in [0.05, 0.1) is 29.9 Å². The number of carbonyl (C=O) groups excluding carboxylic acids is 1. The molecule has 170 valence electrons. The first-order chi connectivity index (χ1) is 16.0. The first-order valence-corrected chi connectivity index (χ1v) is 11.4. The second kappa shape index (κ2) is 8.90. The van der Waals surface area contributed by atoms with E-state index in [2.05, 4.69) is 9.97 Å². The third-order valence-corrected chi connectivity index (χ3v) is 6.32. The van der Waals surface area contributed by atoms with E-state index < -0.39 is 0 Å². The number of fused-ring (bicyclic) bond motifs is 1. The Morgan fingerprint density at radius 3 is 3.03 bits per heavy atom. The lowest BCUT2D eigenvalue weighted by Crippen LogP contribution is -2.40. The zero-order chi connectivity index (χ0) is 22.9. The van der Waals surface area contributed by atoms with Crippen LogP contribution in [0.1, 0.15) is 52.2 Å². The van der Waals surface area contributed by atoms with E-state index in [4.69, 9.17) is 20.8 Å². The molecule has 3 aromatic heterocycles. The summed E-state index contributed by atoms with van der Waals surface area (Å²) in [6.45, 7) is 3.11. The Morgan fingerprint density at radius 1 is 1.30 bits per heavy atom. The van der Waals surface area contributed by atoms with Crippen LogP contribution in [0.15, 0.2) is 53.2 Å². The smallest absolute Gasteiger partial charge is 0.272 e. The number of imidazole rings is 1. The van der Waals surface area contributed by atoms with Crippen molar-refractivity contribution in [3.63, 3.8) is 0 Å². The van der Waals surface area contributed by atoms with E-state index in [1.54, 1.807) is 30.0 Å². The Kier molecular flexibility index (Phi) is 5.81. The number of halogens is 1. The lowest BCUT2D eigenvalue weighted by molar-refractivity contribution is 0.0690. The number of oxazole rings is 1. The van der Waals surface area contributed by atoms with Crippen molar-refractivity contribution in [2.75, 3.05) is 20.2 Å². The van der Waals surface area contributed by atoms with Crippen LogP contribution in [0.2, 0.25) is 5.02 Å². The molecule has 1 unspecified atom stereocenters. The molecule has 0 N–H and O–H groups in total. The highest BCUT2D eigenvalue weighted by molar-refractivity contribution is 6.30. The fraction of sp³-hybridized carbons (Fsp3) is 0.320. The number of pyridine rings is 1. The Morgan fingerprint density at radius 2 is 2.18 bits per heavy atom. The molecule has 4 heterocycles. The molecular formula is C25H25ClN4O3. The number of aromatic nitrogens is 3. The van der Waals surface area contributed by atoms with Gasteiger partial charge in [-0.1, -0.05) is 23.7 Å². The minimum atomic E-state index is -0.0462. The van der Waals surface area contributed by atoms with E-state index in [1.807, 2.05) is 42.2 Å². The van der Waals surface area contributed by atoms with E-state index in [9.17, 15) is 4.79 Å². The first-order valence-electron chi connectivity index (χ1n) is 11.0. The summed E-state index contributed by atoms with van der Waals surface area (Å²) in [6.07, 6.45) is 5.99. The van der Waals surface area contributed by atoms with Gasteiger partial charge in [-0.3, -0.25) is 9.20 Å². The SMILES string of the molecule is COc1cccc(Cc2cnc(C3CCCN(C(=O)c4c(C)nc5ccc(Cl)cn45)C3)o2)c1. The summed E-state index contributed by atoms with van der Waals surface area (Å²) in [5.41, 5.74) is 3.06. The number of amides is 1. The van der Waals surface area contributed by atoms with Crippen molar-refractivity contribution in [2.24, 2.45) is 0 Å². The van der Waals surface area contributed by atoms with Gasteiger partial charge in [-0.2, -0.15) is 0 Å². The first kappa shape index (κ1) is 21.5. The quantitative estimate of drug-likeness (QED) is 0.420. The molecule has 1 aromatic carbocycles. The summed E-state index contributed by atoms with van der Waals surface area (Å²) in [5, 5.41) is 0.564. The molecule has 5 rings (SSSR count). The molecule has 0 saturated carbocycles. The molecule has 0 aliphatic carbocycles. The summed E-state index contributed by atoms with van der Waals surface area (Å²) in [4.78, 5) is 24.4. The Labute approximate surface area is 197 Å². The molecule has 1 atom stereocenters. The van der Waals surface area contributed by atoms with Gasteiger partial charge in [0, 0.05) is 25.7 Å². The monoisotopic (exact) mass is 464 g/mol.